The van der Waals surface area contributed by atoms with Crippen molar-refractivity contribution in [3.8, 4) is 17.2 Å². The van der Waals surface area contributed by atoms with Crippen LogP contribution in [0.4, 0.5) is 11.4 Å². The van der Waals surface area contributed by atoms with Crippen molar-refractivity contribution in [1.29, 1.82) is 0 Å². The summed E-state index contributed by atoms with van der Waals surface area (Å²) in [6.45, 7) is 1.27. The monoisotopic (exact) mass is 359 g/mol. The van der Waals surface area contributed by atoms with Crippen molar-refractivity contribution >= 4 is 23.6 Å². The number of nitrogens with one attached hydrogen (secondary N) is 1. The van der Waals surface area contributed by atoms with Gasteiger partial charge in [0.1, 0.15) is 5.69 Å². The van der Waals surface area contributed by atoms with Crippen LogP contribution in [0.5, 0.6) is 17.2 Å². The van der Waals surface area contributed by atoms with E-state index in [0.717, 1.165) is 0 Å². The van der Waals surface area contributed by atoms with Crippen molar-refractivity contribution in [3.05, 3.63) is 52.1 Å². The van der Waals surface area contributed by atoms with Crippen molar-refractivity contribution in [2.75, 3.05) is 19.6 Å². The fraction of sp³-hybridized carbons (Fsp3) is 0.176. The van der Waals surface area contributed by atoms with E-state index in [9.17, 15) is 14.9 Å². The van der Waals surface area contributed by atoms with Gasteiger partial charge in [-0.3, -0.25) is 20.3 Å². The van der Waals surface area contributed by atoms with E-state index in [1.165, 1.54) is 33.4 Å². The van der Waals surface area contributed by atoms with Crippen LogP contribution in [-0.4, -0.2) is 31.3 Å². The Balaban J connectivity index is 2.28. The molecule has 0 saturated heterocycles. The lowest BCUT2D eigenvalue weighted by Crippen LogP contribution is -2.05. The van der Waals surface area contributed by atoms with E-state index >= 15 is 0 Å². The number of nitro benzene ring substituents is 1. The number of methoxy groups -OCH3 is 2. The summed E-state index contributed by atoms with van der Waals surface area (Å²) in [4.78, 5) is 21.7. The molecule has 0 aliphatic carbocycles. The zero-order valence-corrected chi connectivity index (χ0v) is 14.4. The number of carbonyl (C=O) groups is 1. The Kier molecular flexibility index (Phi) is 6.10. The fourth-order valence-electron chi connectivity index (χ4n) is 2.12. The van der Waals surface area contributed by atoms with Crippen LogP contribution in [0.25, 0.3) is 0 Å². The third-order valence-corrected chi connectivity index (χ3v) is 3.23. The molecule has 0 spiro atoms. The van der Waals surface area contributed by atoms with Gasteiger partial charge in [0.25, 0.3) is 5.69 Å². The second-order valence-electron chi connectivity index (χ2n) is 4.99. The molecule has 0 aromatic heterocycles. The van der Waals surface area contributed by atoms with Gasteiger partial charge in [-0.15, -0.1) is 0 Å². The molecule has 0 fully saturated rings. The van der Waals surface area contributed by atoms with Gasteiger partial charge >= 0.3 is 5.97 Å². The normalized spacial score (nSPS) is 10.4. The molecule has 0 aliphatic rings. The maximum Gasteiger partial charge on any atom is 0.308 e. The predicted octanol–water partition coefficient (Wildman–Crippen LogP) is 2.98. The number of nitro groups is 1. The first-order valence-corrected chi connectivity index (χ1v) is 7.43. The maximum absolute atomic E-state index is 11.2. The minimum Gasteiger partial charge on any atom is -0.493 e. The molecule has 2 aromatic carbocycles. The molecular weight excluding hydrogens is 342 g/mol. The predicted molar refractivity (Wildman–Crippen MR) is 95.2 cm³/mol. The molecule has 0 saturated carbocycles. The summed E-state index contributed by atoms with van der Waals surface area (Å²) in [7, 11) is 2.85. The molecule has 2 rings (SSSR count). The second kappa shape index (κ2) is 8.47. The van der Waals surface area contributed by atoms with E-state index in [1.807, 2.05) is 0 Å². The van der Waals surface area contributed by atoms with Gasteiger partial charge in [-0.25, -0.2) is 0 Å². The minimum absolute atomic E-state index is 0.0926. The molecule has 1 N–H and O–H groups in total. The molecular formula is C17H17N3O6. The van der Waals surface area contributed by atoms with Crippen LogP contribution >= 0.6 is 0 Å². The average molecular weight is 359 g/mol. The van der Waals surface area contributed by atoms with Crippen molar-refractivity contribution < 1.29 is 23.9 Å². The van der Waals surface area contributed by atoms with E-state index in [4.69, 9.17) is 14.2 Å². The standard InChI is InChI=1S/C17H17N3O6/c1-11(21)26-17-15(24-2)8-12(9-16(17)25-3)10-18-19-13-6-4-5-7-14(13)20(22)23/h4-10,19H,1-3H3/b18-10-. The van der Waals surface area contributed by atoms with Crippen LogP contribution < -0.4 is 19.6 Å². The Morgan fingerprint density at radius 1 is 1.19 bits per heavy atom. The molecule has 0 amide bonds. The van der Waals surface area contributed by atoms with E-state index in [1.54, 1.807) is 30.3 Å². The first-order valence-electron chi connectivity index (χ1n) is 7.43. The smallest absolute Gasteiger partial charge is 0.308 e. The number of benzene rings is 2. The molecule has 0 heterocycles. The second-order valence-corrected chi connectivity index (χ2v) is 4.99. The van der Waals surface area contributed by atoms with Gasteiger partial charge in [0.2, 0.25) is 5.75 Å². The number of hydrogen-bond acceptors (Lipinski definition) is 8. The van der Waals surface area contributed by atoms with Crippen molar-refractivity contribution in [2.45, 2.75) is 6.92 Å². The van der Waals surface area contributed by atoms with Crippen LogP contribution in [0, 0.1) is 10.1 Å². The van der Waals surface area contributed by atoms with Crippen LogP contribution in [0.3, 0.4) is 0 Å². The third-order valence-electron chi connectivity index (χ3n) is 3.23. The summed E-state index contributed by atoms with van der Waals surface area (Å²) in [6, 6.07) is 9.32. The summed E-state index contributed by atoms with van der Waals surface area (Å²) in [5, 5.41) is 15.0. The Bertz CT molecular complexity index is 825. The van der Waals surface area contributed by atoms with Crippen LogP contribution in [0.1, 0.15) is 12.5 Å². The Morgan fingerprint density at radius 2 is 1.81 bits per heavy atom. The van der Waals surface area contributed by atoms with Gasteiger partial charge < -0.3 is 14.2 Å². The number of nitrogens with zero attached hydrogens (tertiary/aromatic N) is 2. The zero-order valence-electron chi connectivity index (χ0n) is 14.4. The molecule has 9 nitrogen and oxygen atoms in total. The summed E-state index contributed by atoms with van der Waals surface area (Å²) in [5.41, 5.74) is 3.36. The average Bonchev–Trinajstić information content (AvgIpc) is 2.62. The molecule has 0 radical (unpaired) electrons. The Morgan fingerprint density at radius 3 is 2.35 bits per heavy atom. The van der Waals surface area contributed by atoms with Gasteiger partial charge in [-0.05, 0) is 18.2 Å². The van der Waals surface area contributed by atoms with Gasteiger partial charge in [-0.1, -0.05) is 12.1 Å². The lowest BCUT2D eigenvalue weighted by atomic mass is 10.2. The number of para-hydroxylation sites is 2. The van der Waals surface area contributed by atoms with Crippen molar-refractivity contribution in [1.82, 2.24) is 0 Å². The summed E-state index contributed by atoms with van der Waals surface area (Å²) >= 11 is 0. The van der Waals surface area contributed by atoms with Crippen molar-refractivity contribution in [3.63, 3.8) is 0 Å². The number of esters is 1. The number of carbonyl (C=O) groups excluding carboxylic acids is 1. The van der Waals surface area contributed by atoms with E-state index < -0.39 is 10.9 Å². The van der Waals surface area contributed by atoms with Gasteiger partial charge in [-0.2, -0.15) is 5.10 Å². The lowest BCUT2D eigenvalue weighted by molar-refractivity contribution is -0.384. The molecule has 0 aliphatic heterocycles. The summed E-state index contributed by atoms with van der Waals surface area (Å²) < 4.78 is 15.5. The molecule has 26 heavy (non-hydrogen) atoms. The van der Waals surface area contributed by atoms with Gasteiger partial charge in [0.05, 0.1) is 25.4 Å². The number of hydrogen-bond donors (Lipinski definition) is 1. The van der Waals surface area contributed by atoms with Crippen LogP contribution in [0.2, 0.25) is 0 Å². The van der Waals surface area contributed by atoms with E-state index in [0.29, 0.717) is 5.56 Å². The fourth-order valence-corrected chi connectivity index (χ4v) is 2.12. The van der Waals surface area contributed by atoms with Gasteiger partial charge in [0, 0.05) is 18.6 Å². The molecule has 0 atom stereocenters. The number of anilines is 1. The lowest BCUT2D eigenvalue weighted by Gasteiger charge is -2.13. The topological polar surface area (TPSA) is 112 Å². The highest BCUT2D eigenvalue weighted by Gasteiger charge is 2.16. The zero-order chi connectivity index (χ0) is 19.1. The molecule has 0 bridgehead atoms. The molecule has 2 aromatic rings. The highest BCUT2D eigenvalue weighted by molar-refractivity contribution is 5.84. The summed E-state index contributed by atoms with van der Waals surface area (Å²) in [5.74, 6) is 0.214. The van der Waals surface area contributed by atoms with Crippen LogP contribution in [0.15, 0.2) is 41.5 Å². The molecule has 9 heteroatoms. The van der Waals surface area contributed by atoms with Crippen LogP contribution in [-0.2, 0) is 4.79 Å². The number of rotatable bonds is 7. The van der Waals surface area contributed by atoms with Gasteiger partial charge in [0.15, 0.2) is 11.5 Å². The SMILES string of the molecule is COc1cc(/C=N\Nc2ccccc2[N+](=O)[O-])cc(OC)c1OC(C)=O. The highest BCUT2D eigenvalue weighted by Crippen LogP contribution is 2.38. The molecule has 136 valence electrons. The summed E-state index contributed by atoms with van der Waals surface area (Å²) in [6.07, 6.45) is 1.43. The Labute approximate surface area is 149 Å². The maximum atomic E-state index is 11.2. The number of hydrazone groups is 1. The highest BCUT2D eigenvalue weighted by atomic mass is 16.6. The Hall–Kier alpha value is -3.62. The molecule has 0 unspecified atom stereocenters. The van der Waals surface area contributed by atoms with E-state index in [-0.39, 0.29) is 28.6 Å². The minimum atomic E-state index is -0.513. The first-order chi connectivity index (χ1) is 12.5. The van der Waals surface area contributed by atoms with E-state index in [2.05, 4.69) is 10.5 Å². The van der Waals surface area contributed by atoms with Crippen molar-refractivity contribution in [2.24, 2.45) is 5.10 Å². The first kappa shape index (κ1) is 18.7. The third kappa shape index (κ3) is 4.47. The number of ether oxygens (including phenoxy) is 3. The quantitative estimate of drug-likeness (QED) is 0.266. The largest absolute Gasteiger partial charge is 0.493 e.